The molecule has 7 aromatic carbocycles. The third kappa shape index (κ3) is 4.23. The third-order valence-electron chi connectivity index (χ3n) is 8.80. The molecule has 2 nitrogen and oxygen atoms in total. The molecule has 0 bridgehead atoms. The van der Waals surface area contributed by atoms with Crippen LogP contribution in [0.25, 0.3) is 77.1 Å². The van der Waals surface area contributed by atoms with Crippen molar-refractivity contribution in [1.29, 1.82) is 0 Å². The fraction of sp³-hybridized carbons (Fsp3) is 0.0488. The number of aryl methyl sites for hydroxylation is 2. The second-order valence-corrected chi connectivity index (χ2v) is 11.3. The van der Waals surface area contributed by atoms with Gasteiger partial charge < -0.3 is 4.57 Å². The van der Waals surface area contributed by atoms with Crippen molar-refractivity contribution >= 4 is 32.6 Å². The Labute approximate surface area is 251 Å². The zero-order valence-corrected chi connectivity index (χ0v) is 24.3. The van der Waals surface area contributed by atoms with Gasteiger partial charge in [0.25, 0.3) is 0 Å². The van der Waals surface area contributed by atoms with E-state index < -0.39 is 0 Å². The lowest BCUT2D eigenvalue weighted by Crippen LogP contribution is -1.91. The molecule has 0 amide bonds. The van der Waals surface area contributed by atoms with Crippen molar-refractivity contribution in [2.75, 3.05) is 0 Å². The summed E-state index contributed by atoms with van der Waals surface area (Å²) in [6, 6.07) is 52.9. The Morgan fingerprint density at radius 1 is 0.419 bits per heavy atom. The van der Waals surface area contributed by atoms with Crippen molar-refractivity contribution < 1.29 is 0 Å². The molecule has 1 heterocycles. The van der Waals surface area contributed by atoms with Crippen LogP contribution in [0.2, 0.25) is 0 Å². The summed E-state index contributed by atoms with van der Waals surface area (Å²) in [6.07, 6.45) is 0. The van der Waals surface area contributed by atoms with Gasteiger partial charge in [-0.1, -0.05) is 127 Å². The summed E-state index contributed by atoms with van der Waals surface area (Å²) in [5, 5.41) is 5.08. The zero-order valence-electron chi connectivity index (χ0n) is 24.3. The molecule has 0 atom stereocenters. The Balaban J connectivity index is 1.31. The molecule has 0 aliphatic carbocycles. The minimum Gasteiger partial charge on any atom is -0.331 e. The van der Waals surface area contributed by atoms with Crippen LogP contribution in [-0.4, -0.2) is 9.55 Å². The van der Waals surface area contributed by atoms with Gasteiger partial charge in [0.05, 0.1) is 11.0 Å². The maximum Gasteiger partial charge on any atom is 0.106 e. The fourth-order valence-corrected chi connectivity index (χ4v) is 6.54. The van der Waals surface area contributed by atoms with Gasteiger partial charge in [-0.15, -0.1) is 0 Å². The molecule has 0 spiro atoms. The molecule has 0 aliphatic rings. The summed E-state index contributed by atoms with van der Waals surface area (Å²) in [5.74, 6) is 1.02. The first-order chi connectivity index (χ1) is 21.2. The second-order valence-electron chi connectivity index (χ2n) is 11.3. The van der Waals surface area contributed by atoms with E-state index in [1.54, 1.807) is 0 Å². The number of nitrogens with zero attached hydrogens (tertiary/aromatic N) is 2. The SMILES string of the molecule is Cc1nc2cc(-c3ccc(-c4ccc5c(-c6ccccc6)c6ccccc6c(-c6ccccc6)c5c4)cc3)ccc2n1C. The van der Waals surface area contributed by atoms with Crippen molar-refractivity contribution in [3.63, 3.8) is 0 Å². The van der Waals surface area contributed by atoms with Crippen LogP contribution >= 0.6 is 0 Å². The highest BCUT2D eigenvalue weighted by Crippen LogP contribution is 2.44. The highest BCUT2D eigenvalue weighted by molar-refractivity contribution is 6.21. The van der Waals surface area contributed by atoms with Crippen LogP contribution < -0.4 is 0 Å². The number of imidazole rings is 1. The van der Waals surface area contributed by atoms with Crippen LogP contribution in [-0.2, 0) is 7.05 Å². The van der Waals surface area contributed by atoms with Gasteiger partial charge in [0, 0.05) is 7.05 Å². The van der Waals surface area contributed by atoms with E-state index in [0.717, 1.165) is 16.9 Å². The number of benzene rings is 7. The Kier molecular flexibility index (Phi) is 5.94. The van der Waals surface area contributed by atoms with E-state index >= 15 is 0 Å². The van der Waals surface area contributed by atoms with E-state index in [1.165, 1.54) is 66.1 Å². The van der Waals surface area contributed by atoms with Crippen molar-refractivity contribution in [2.45, 2.75) is 6.92 Å². The van der Waals surface area contributed by atoms with Gasteiger partial charge in [-0.2, -0.15) is 0 Å². The molecule has 43 heavy (non-hydrogen) atoms. The van der Waals surface area contributed by atoms with E-state index in [2.05, 4.69) is 157 Å². The molecule has 0 saturated heterocycles. The predicted molar refractivity (Wildman–Crippen MR) is 182 cm³/mol. The van der Waals surface area contributed by atoms with Crippen LogP contribution in [0.15, 0.2) is 146 Å². The van der Waals surface area contributed by atoms with Gasteiger partial charge in [-0.05, 0) is 91.2 Å². The van der Waals surface area contributed by atoms with Crippen molar-refractivity contribution in [1.82, 2.24) is 9.55 Å². The van der Waals surface area contributed by atoms with Crippen LogP contribution in [0, 0.1) is 6.92 Å². The summed E-state index contributed by atoms with van der Waals surface area (Å²) in [4.78, 5) is 4.74. The normalized spacial score (nSPS) is 11.5. The standard InChI is InChI=1S/C41H30N2/c1-27-42-38-26-33(22-24-39(38)43(27)2)29-19-17-28(18-20-29)32-21-23-36-37(25-32)41(31-13-7-4-8-14-31)35-16-10-9-15-34(35)40(36)30-11-5-3-6-12-30/h3-26H,1-2H3. The van der Waals surface area contributed by atoms with Crippen LogP contribution in [0.5, 0.6) is 0 Å². The van der Waals surface area contributed by atoms with E-state index in [-0.39, 0.29) is 0 Å². The fourth-order valence-electron chi connectivity index (χ4n) is 6.54. The average molecular weight is 551 g/mol. The highest BCUT2D eigenvalue weighted by atomic mass is 15.0. The van der Waals surface area contributed by atoms with Gasteiger partial charge >= 0.3 is 0 Å². The number of aromatic nitrogens is 2. The molecule has 0 aliphatic heterocycles. The minimum absolute atomic E-state index is 1.02. The Bertz CT molecular complexity index is 2280. The molecule has 0 unspecified atom stereocenters. The maximum absolute atomic E-state index is 4.74. The van der Waals surface area contributed by atoms with Gasteiger partial charge in [-0.3, -0.25) is 0 Å². The van der Waals surface area contributed by atoms with Crippen molar-refractivity contribution in [2.24, 2.45) is 7.05 Å². The zero-order chi connectivity index (χ0) is 28.9. The monoisotopic (exact) mass is 550 g/mol. The van der Waals surface area contributed by atoms with E-state index in [9.17, 15) is 0 Å². The summed E-state index contributed by atoms with van der Waals surface area (Å²) >= 11 is 0. The molecule has 0 N–H and O–H groups in total. The lowest BCUT2D eigenvalue weighted by molar-refractivity contribution is 0.886. The summed E-state index contributed by atoms with van der Waals surface area (Å²) < 4.78 is 2.14. The Hall–Kier alpha value is -5.47. The smallest absolute Gasteiger partial charge is 0.106 e. The molecule has 2 heteroatoms. The highest BCUT2D eigenvalue weighted by Gasteiger charge is 2.17. The van der Waals surface area contributed by atoms with Crippen LogP contribution in [0.3, 0.4) is 0 Å². The minimum atomic E-state index is 1.02. The molecule has 1 aromatic heterocycles. The molecule has 0 fully saturated rings. The molecular formula is C41H30N2. The lowest BCUT2D eigenvalue weighted by atomic mass is 9.85. The first kappa shape index (κ1) is 25.3. The summed E-state index contributed by atoms with van der Waals surface area (Å²) in [5.41, 5.74) is 12.0. The van der Waals surface area contributed by atoms with Crippen LogP contribution in [0.4, 0.5) is 0 Å². The van der Waals surface area contributed by atoms with E-state index in [1.807, 2.05) is 6.92 Å². The van der Waals surface area contributed by atoms with Gasteiger partial charge in [0.1, 0.15) is 5.82 Å². The number of rotatable bonds is 4. The molecule has 8 rings (SSSR count). The maximum atomic E-state index is 4.74. The number of hydrogen-bond donors (Lipinski definition) is 0. The quantitative estimate of drug-likeness (QED) is 0.199. The molecule has 0 saturated carbocycles. The van der Waals surface area contributed by atoms with Gasteiger partial charge in [-0.25, -0.2) is 4.98 Å². The Morgan fingerprint density at radius 2 is 0.884 bits per heavy atom. The second kappa shape index (κ2) is 10.1. The predicted octanol–water partition coefficient (Wildman–Crippen LogP) is 10.9. The van der Waals surface area contributed by atoms with Crippen LogP contribution in [0.1, 0.15) is 5.82 Å². The Morgan fingerprint density at radius 3 is 1.49 bits per heavy atom. The molecule has 0 radical (unpaired) electrons. The van der Waals surface area contributed by atoms with Crippen molar-refractivity contribution in [3.8, 4) is 44.5 Å². The lowest BCUT2D eigenvalue weighted by Gasteiger charge is -2.18. The number of hydrogen-bond acceptors (Lipinski definition) is 1. The van der Waals surface area contributed by atoms with Gasteiger partial charge in [0.15, 0.2) is 0 Å². The largest absolute Gasteiger partial charge is 0.331 e. The first-order valence-corrected chi connectivity index (χ1v) is 14.8. The third-order valence-corrected chi connectivity index (χ3v) is 8.80. The van der Waals surface area contributed by atoms with Crippen molar-refractivity contribution in [3.05, 3.63) is 151 Å². The topological polar surface area (TPSA) is 17.8 Å². The van der Waals surface area contributed by atoms with E-state index in [0.29, 0.717) is 0 Å². The molecule has 8 aromatic rings. The van der Waals surface area contributed by atoms with E-state index in [4.69, 9.17) is 4.98 Å². The average Bonchev–Trinajstić information content (AvgIpc) is 3.36. The van der Waals surface area contributed by atoms with Gasteiger partial charge in [0.2, 0.25) is 0 Å². The molecule has 204 valence electrons. The first-order valence-electron chi connectivity index (χ1n) is 14.8. The number of fused-ring (bicyclic) bond motifs is 3. The summed E-state index contributed by atoms with van der Waals surface area (Å²) in [6.45, 7) is 2.05. The molecular weight excluding hydrogens is 520 g/mol. The summed E-state index contributed by atoms with van der Waals surface area (Å²) in [7, 11) is 2.07.